The molecule has 1 unspecified atom stereocenters. The predicted molar refractivity (Wildman–Crippen MR) is 92.2 cm³/mol. The first-order valence-corrected chi connectivity index (χ1v) is 7.57. The zero-order valence-electron chi connectivity index (χ0n) is 12.5. The molecule has 2 rings (SSSR count). The van der Waals surface area contributed by atoms with E-state index in [0.29, 0.717) is 17.8 Å². The molecule has 0 amide bonds. The van der Waals surface area contributed by atoms with Gasteiger partial charge in [0.05, 0.1) is 4.99 Å². The molecule has 2 aromatic rings. The van der Waals surface area contributed by atoms with Crippen LogP contribution >= 0.6 is 12.2 Å². The molecule has 1 atom stereocenters. The molecule has 0 radical (unpaired) electrons. The van der Waals surface area contributed by atoms with Gasteiger partial charge in [0.15, 0.2) is 0 Å². The van der Waals surface area contributed by atoms with Gasteiger partial charge < -0.3 is 10.4 Å². The number of carboxylic acids is 1. The van der Waals surface area contributed by atoms with Crippen LogP contribution in [0.5, 0.6) is 0 Å². The highest BCUT2D eigenvalue weighted by molar-refractivity contribution is 7.80. The van der Waals surface area contributed by atoms with Gasteiger partial charge in [-0.15, -0.1) is 0 Å². The molecule has 2 N–H and O–H groups in total. The van der Waals surface area contributed by atoms with Gasteiger partial charge in [0.1, 0.15) is 6.04 Å². The predicted octanol–water partition coefficient (Wildman–Crippen LogP) is 3.15. The summed E-state index contributed by atoms with van der Waals surface area (Å²) in [6.45, 7) is 2.03. The fraction of sp³-hybridized carbons (Fsp3) is 0.222. The van der Waals surface area contributed by atoms with Crippen molar-refractivity contribution in [2.75, 3.05) is 0 Å². The van der Waals surface area contributed by atoms with E-state index < -0.39 is 12.0 Å². The van der Waals surface area contributed by atoms with Gasteiger partial charge in [-0.25, -0.2) is 4.79 Å². The number of aliphatic carboxylic acids is 1. The highest BCUT2D eigenvalue weighted by Gasteiger charge is 2.18. The average Bonchev–Trinajstić information content (AvgIpc) is 2.50. The number of thiocarbonyl (C=S) groups is 1. The Balaban J connectivity index is 1.97. The number of nitrogens with one attached hydrogen (secondary N) is 1. The molecule has 0 spiro atoms. The second-order valence-electron chi connectivity index (χ2n) is 5.31. The Morgan fingerprint density at radius 2 is 1.73 bits per heavy atom. The van der Waals surface area contributed by atoms with Crippen molar-refractivity contribution in [2.45, 2.75) is 25.8 Å². The molecule has 0 saturated carbocycles. The van der Waals surface area contributed by atoms with Gasteiger partial charge in [-0.2, -0.15) is 0 Å². The second-order valence-corrected chi connectivity index (χ2v) is 5.80. The van der Waals surface area contributed by atoms with Gasteiger partial charge in [0, 0.05) is 12.8 Å². The molecule has 0 aliphatic carbocycles. The normalized spacial score (nSPS) is 11.7. The lowest BCUT2D eigenvalue weighted by atomic mass is 10.1. The molecule has 3 nitrogen and oxygen atoms in total. The molecule has 114 valence electrons. The quantitative estimate of drug-likeness (QED) is 0.804. The van der Waals surface area contributed by atoms with Gasteiger partial charge in [-0.3, -0.25) is 0 Å². The maximum Gasteiger partial charge on any atom is 0.326 e. The Hall–Kier alpha value is -2.20. The maximum absolute atomic E-state index is 11.4. The number of hydrogen-bond acceptors (Lipinski definition) is 2. The van der Waals surface area contributed by atoms with Crippen LogP contribution in [0.1, 0.15) is 16.7 Å². The van der Waals surface area contributed by atoms with Crippen LogP contribution in [0.2, 0.25) is 0 Å². The third-order valence-corrected chi connectivity index (χ3v) is 3.66. The maximum atomic E-state index is 11.4. The van der Waals surface area contributed by atoms with Gasteiger partial charge in [-0.1, -0.05) is 72.4 Å². The molecule has 0 aromatic heterocycles. The molecule has 0 saturated heterocycles. The van der Waals surface area contributed by atoms with Crippen molar-refractivity contribution >= 4 is 23.2 Å². The number of aryl methyl sites for hydroxylation is 1. The molecular formula is C18H19NO2S. The van der Waals surface area contributed by atoms with Crippen molar-refractivity contribution in [1.82, 2.24) is 5.32 Å². The van der Waals surface area contributed by atoms with Crippen molar-refractivity contribution in [3.05, 3.63) is 71.3 Å². The van der Waals surface area contributed by atoms with Gasteiger partial charge >= 0.3 is 5.97 Å². The van der Waals surface area contributed by atoms with Crippen molar-refractivity contribution in [2.24, 2.45) is 0 Å². The topological polar surface area (TPSA) is 49.3 Å². The molecule has 0 fully saturated rings. The van der Waals surface area contributed by atoms with Crippen LogP contribution in [0, 0.1) is 6.92 Å². The smallest absolute Gasteiger partial charge is 0.326 e. The van der Waals surface area contributed by atoms with E-state index in [-0.39, 0.29) is 0 Å². The number of hydrogen-bond donors (Lipinski definition) is 2. The first kappa shape index (κ1) is 16.2. The largest absolute Gasteiger partial charge is 0.480 e. The first-order valence-electron chi connectivity index (χ1n) is 7.16. The van der Waals surface area contributed by atoms with Crippen LogP contribution in [-0.2, 0) is 17.6 Å². The highest BCUT2D eigenvalue weighted by Crippen LogP contribution is 2.07. The minimum atomic E-state index is -0.893. The number of benzene rings is 2. The SMILES string of the molecule is Cc1ccc(CC(=S)NC(Cc2ccccc2)C(=O)O)cc1. The highest BCUT2D eigenvalue weighted by atomic mass is 32.1. The van der Waals surface area contributed by atoms with Crippen molar-refractivity contribution in [3.63, 3.8) is 0 Å². The molecule has 0 aliphatic rings. The zero-order chi connectivity index (χ0) is 15.9. The van der Waals surface area contributed by atoms with E-state index in [9.17, 15) is 9.90 Å². The van der Waals surface area contributed by atoms with Crippen LogP contribution in [0.3, 0.4) is 0 Å². The zero-order valence-corrected chi connectivity index (χ0v) is 13.3. The van der Waals surface area contributed by atoms with Gasteiger partial charge in [0.2, 0.25) is 0 Å². The summed E-state index contributed by atoms with van der Waals surface area (Å²) in [5.41, 5.74) is 3.24. The van der Waals surface area contributed by atoms with Gasteiger partial charge in [0.25, 0.3) is 0 Å². The second kappa shape index (κ2) is 7.71. The summed E-state index contributed by atoms with van der Waals surface area (Å²) in [4.78, 5) is 12.0. The third kappa shape index (κ3) is 4.97. The monoisotopic (exact) mass is 313 g/mol. The first-order chi connectivity index (χ1) is 10.5. The Labute approximate surface area is 136 Å². The standard InChI is InChI=1S/C18H19NO2S/c1-13-7-9-15(10-8-13)12-17(22)19-16(18(20)21)11-14-5-3-2-4-6-14/h2-10,16H,11-12H2,1H3,(H,19,22)(H,20,21). The summed E-state index contributed by atoms with van der Waals surface area (Å²) < 4.78 is 0. The summed E-state index contributed by atoms with van der Waals surface area (Å²) in [7, 11) is 0. The van der Waals surface area contributed by atoms with E-state index in [0.717, 1.165) is 11.1 Å². The van der Waals surface area contributed by atoms with Crippen LogP contribution in [-0.4, -0.2) is 22.1 Å². The summed E-state index contributed by atoms with van der Waals surface area (Å²) in [5, 5.41) is 12.3. The number of carbonyl (C=O) groups is 1. The van der Waals surface area contributed by atoms with Crippen molar-refractivity contribution < 1.29 is 9.90 Å². The lowest BCUT2D eigenvalue weighted by Gasteiger charge is -2.16. The molecule has 2 aromatic carbocycles. The minimum Gasteiger partial charge on any atom is -0.480 e. The van der Waals surface area contributed by atoms with E-state index in [1.165, 1.54) is 5.56 Å². The molecule has 22 heavy (non-hydrogen) atoms. The van der Waals surface area contributed by atoms with E-state index in [2.05, 4.69) is 5.32 Å². The van der Waals surface area contributed by atoms with E-state index in [1.807, 2.05) is 61.5 Å². The number of rotatable bonds is 6. The fourth-order valence-corrected chi connectivity index (χ4v) is 2.50. The fourth-order valence-electron chi connectivity index (χ4n) is 2.19. The Bertz CT molecular complexity index is 638. The Morgan fingerprint density at radius 3 is 2.32 bits per heavy atom. The Morgan fingerprint density at radius 1 is 1.09 bits per heavy atom. The van der Waals surface area contributed by atoms with E-state index in [4.69, 9.17) is 12.2 Å². The van der Waals surface area contributed by atoms with E-state index >= 15 is 0 Å². The summed E-state index contributed by atoms with van der Waals surface area (Å²) in [5.74, 6) is -0.893. The van der Waals surface area contributed by atoms with Crippen LogP contribution < -0.4 is 5.32 Å². The van der Waals surface area contributed by atoms with Gasteiger partial charge in [-0.05, 0) is 18.1 Å². The average molecular weight is 313 g/mol. The summed E-state index contributed by atoms with van der Waals surface area (Å²) in [6.07, 6.45) is 0.957. The van der Waals surface area contributed by atoms with Crippen LogP contribution in [0.15, 0.2) is 54.6 Å². The molecular weight excluding hydrogens is 294 g/mol. The lowest BCUT2D eigenvalue weighted by molar-refractivity contribution is -0.139. The lowest BCUT2D eigenvalue weighted by Crippen LogP contribution is -2.42. The van der Waals surface area contributed by atoms with Crippen LogP contribution in [0.4, 0.5) is 0 Å². The molecule has 0 bridgehead atoms. The third-order valence-electron chi connectivity index (χ3n) is 3.40. The molecule has 4 heteroatoms. The van der Waals surface area contributed by atoms with Crippen molar-refractivity contribution in [3.8, 4) is 0 Å². The molecule has 0 aliphatic heterocycles. The summed E-state index contributed by atoms with van der Waals surface area (Å²) in [6, 6.07) is 16.9. The molecule has 0 heterocycles. The number of carboxylic acid groups (broad SMARTS) is 1. The van der Waals surface area contributed by atoms with E-state index in [1.54, 1.807) is 0 Å². The van der Waals surface area contributed by atoms with Crippen LogP contribution in [0.25, 0.3) is 0 Å². The van der Waals surface area contributed by atoms with Crippen molar-refractivity contribution in [1.29, 1.82) is 0 Å². The minimum absolute atomic E-state index is 0.407. The Kier molecular flexibility index (Phi) is 5.67. The summed E-state index contributed by atoms with van der Waals surface area (Å²) >= 11 is 5.31.